The summed E-state index contributed by atoms with van der Waals surface area (Å²) in [5.41, 5.74) is 0. The molecule has 0 aromatic heterocycles. The van der Waals surface area contributed by atoms with Gasteiger partial charge >= 0.3 is 6.03 Å². The highest BCUT2D eigenvalue weighted by Gasteiger charge is 2.52. The normalized spacial score (nSPS) is 28.1. The van der Waals surface area contributed by atoms with Crippen molar-refractivity contribution in [2.45, 2.75) is 25.9 Å². The van der Waals surface area contributed by atoms with Crippen LogP contribution in [0.3, 0.4) is 0 Å². The lowest BCUT2D eigenvalue weighted by atomic mass is 10.1. The number of allylic oxidation sites excluding steroid dienone is 2. The molecule has 0 aromatic carbocycles. The van der Waals surface area contributed by atoms with E-state index in [0.29, 0.717) is 13.1 Å². The van der Waals surface area contributed by atoms with E-state index >= 15 is 0 Å². The Morgan fingerprint density at radius 1 is 1.17 bits per heavy atom. The van der Waals surface area contributed by atoms with Crippen LogP contribution in [0.25, 0.3) is 0 Å². The third-order valence-electron chi connectivity index (χ3n) is 3.31. The molecule has 0 N–H and O–H groups in total. The highest BCUT2D eigenvalue weighted by atomic mass is 32.2. The van der Waals surface area contributed by atoms with Crippen molar-refractivity contribution in [1.29, 1.82) is 0 Å². The largest absolute Gasteiger partial charge is 0.321 e. The summed E-state index contributed by atoms with van der Waals surface area (Å²) in [5.74, 6) is 0.721. The molecule has 0 radical (unpaired) electrons. The summed E-state index contributed by atoms with van der Waals surface area (Å²) in [4.78, 5) is 27.7. The van der Waals surface area contributed by atoms with Crippen molar-refractivity contribution in [3.63, 3.8) is 0 Å². The first-order valence-electron chi connectivity index (χ1n) is 6.17. The Bertz CT molecular complexity index is 406. The van der Waals surface area contributed by atoms with Gasteiger partial charge in [-0.05, 0) is 13.8 Å². The van der Waals surface area contributed by atoms with Gasteiger partial charge in [0.1, 0.15) is 6.04 Å². The minimum absolute atomic E-state index is 0.0187. The average molecular weight is 266 g/mol. The highest BCUT2D eigenvalue weighted by Crippen LogP contribution is 2.34. The number of amides is 2. The number of hydrogen-bond acceptors (Lipinski definition) is 3. The summed E-state index contributed by atoms with van der Waals surface area (Å²) < 4.78 is 0. The van der Waals surface area contributed by atoms with Gasteiger partial charge in [-0.3, -0.25) is 4.79 Å². The minimum Gasteiger partial charge on any atom is -0.314 e. The van der Waals surface area contributed by atoms with Gasteiger partial charge in [-0.15, -0.1) is 0 Å². The number of carbonyl (C=O) groups is 2. The highest BCUT2D eigenvalue weighted by molar-refractivity contribution is 8.14. The summed E-state index contributed by atoms with van der Waals surface area (Å²) in [6, 6.07) is -0.240. The van der Waals surface area contributed by atoms with E-state index in [-0.39, 0.29) is 23.2 Å². The van der Waals surface area contributed by atoms with Crippen molar-refractivity contribution in [2.75, 3.05) is 18.8 Å². The van der Waals surface area contributed by atoms with Gasteiger partial charge < -0.3 is 9.80 Å². The Kier molecular flexibility index (Phi) is 4.11. The third kappa shape index (κ3) is 2.19. The molecular weight excluding hydrogens is 248 g/mol. The second-order valence-corrected chi connectivity index (χ2v) is 5.39. The molecule has 0 aromatic rings. The maximum atomic E-state index is 12.3. The van der Waals surface area contributed by atoms with Crippen LogP contribution < -0.4 is 0 Å². The standard InChI is InChI=1S/C13H18N2O2S/c1-3-5-7-14-10-9-18-12(16)11(10)15(13(14)17)8-6-4-2/h3-6,10-11H,7-9H2,1-2H3/b5-3+,6-4+. The molecule has 4 nitrogen and oxygen atoms in total. The molecule has 2 heterocycles. The summed E-state index contributed by atoms with van der Waals surface area (Å²) in [5, 5.41) is 0.126. The van der Waals surface area contributed by atoms with Crippen LogP contribution in [0.15, 0.2) is 24.3 Å². The second-order valence-electron chi connectivity index (χ2n) is 4.37. The first-order chi connectivity index (χ1) is 8.70. The van der Waals surface area contributed by atoms with Crippen molar-refractivity contribution in [3.8, 4) is 0 Å². The predicted molar refractivity (Wildman–Crippen MR) is 73.5 cm³/mol. The fourth-order valence-corrected chi connectivity index (χ4v) is 3.52. The Morgan fingerprint density at radius 2 is 1.78 bits per heavy atom. The summed E-state index contributed by atoms with van der Waals surface area (Å²) in [6.45, 7) is 4.97. The SMILES string of the molecule is C/C=C/CN1C(=O)N(C/C=C/C)C2C(=O)SCC21. The minimum atomic E-state index is -0.260. The molecule has 2 unspecified atom stereocenters. The van der Waals surface area contributed by atoms with Crippen LogP contribution in [0.2, 0.25) is 0 Å². The lowest BCUT2D eigenvalue weighted by molar-refractivity contribution is -0.114. The third-order valence-corrected chi connectivity index (χ3v) is 4.34. The van der Waals surface area contributed by atoms with E-state index in [0.717, 1.165) is 5.75 Å². The summed E-state index contributed by atoms with van der Waals surface area (Å²) >= 11 is 1.34. The van der Waals surface area contributed by atoms with Crippen molar-refractivity contribution < 1.29 is 9.59 Å². The molecule has 2 aliphatic rings. The average Bonchev–Trinajstić information content (AvgIpc) is 2.85. The number of urea groups is 1. The molecule has 2 saturated heterocycles. The van der Waals surface area contributed by atoms with Crippen LogP contribution in [-0.2, 0) is 4.79 Å². The molecule has 2 amide bonds. The molecule has 0 aliphatic carbocycles. The first kappa shape index (κ1) is 13.2. The number of hydrogen-bond donors (Lipinski definition) is 0. The van der Waals surface area contributed by atoms with Crippen LogP contribution in [0.1, 0.15) is 13.8 Å². The van der Waals surface area contributed by atoms with E-state index in [2.05, 4.69) is 0 Å². The first-order valence-corrected chi connectivity index (χ1v) is 7.15. The second kappa shape index (κ2) is 5.61. The maximum Gasteiger partial charge on any atom is 0.321 e. The number of carbonyl (C=O) groups excluding carboxylic acids is 2. The van der Waals surface area contributed by atoms with Gasteiger partial charge in [-0.1, -0.05) is 36.1 Å². The summed E-state index contributed by atoms with van der Waals surface area (Å²) in [7, 11) is 0. The van der Waals surface area contributed by atoms with Crippen LogP contribution in [-0.4, -0.2) is 51.9 Å². The van der Waals surface area contributed by atoms with Gasteiger partial charge in [-0.25, -0.2) is 4.79 Å². The zero-order valence-electron chi connectivity index (χ0n) is 10.7. The monoisotopic (exact) mass is 266 g/mol. The number of fused-ring (bicyclic) bond motifs is 1. The fourth-order valence-electron chi connectivity index (χ4n) is 2.37. The van der Waals surface area contributed by atoms with E-state index in [1.165, 1.54) is 11.8 Å². The van der Waals surface area contributed by atoms with E-state index in [9.17, 15) is 9.59 Å². The van der Waals surface area contributed by atoms with Crippen molar-refractivity contribution in [1.82, 2.24) is 9.80 Å². The molecule has 5 heteroatoms. The van der Waals surface area contributed by atoms with E-state index in [1.54, 1.807) is 4.90 Å². The quantitative estimate of drug-likeness (QED) is 0.576. The molecule has 2 fully saturated rings. The Hall–Kier alpha value is -1.23. The van der Waals surface area contributed by atoms with Crippen LogP contribution in [0.5, 0.6) is 0 Å². The molecule has 2 atom stereocenters. The molecule has 0 saturated carbocycles. The van der Waals surface area contributed by atoms with Gasteiger partial charge in [-0.2, -0.15) is 0 Å². The molecule has 0 bridgehead atoms. The molecular formula is C13H18N2O2S. The van der Waals surface area contributed by atoms with Crippen molar-refractivity contribution >= 4 is 22.9 Å². The Balaban J connectivity index is 2.20. The Morgan fingerprint density at radius 3 is 2.39 bits per heavy atom. The number of thioether (sulfide) groups is 1. The lowest BCUT2D eigenvalue weighted by Gasteiger charge is -2.19. The molecule has 2 aliphatic heterocycles. The van der Waals surface area contributed by atoms with E-state index in [1.807, 2.05) is 43.1 Å². The van der Waals surface area contributed by atoms with Crippen LogP contribution in [0.4, 0.5) is 4.79 Å². The van der Waals surface area contributed by atoms with Crippen molar-refractivity contribution in [3.05, 3.63) is 24.3 Å². The molecule has 0 spiro atoms. The topological polar surface area (TPSA) is 40.6 Å². The van der Waals surface area contributed by atoms with Gasteiger partial charge in [0.15, 0.2) is 0 Å². The maximum absolute atomic E-state index is 12.3. The zero-order valence-corrected chi connectivity index (χ0v) is 11.5. The van der Waals surface area contributed by atoms with Crippen molar-refractivity contribution in [2.24, 2.45) is 0 Å². The van der Waals surface area contributed by atoms with Gasteiger partial charge in [0.25, 0.3) is 0 Å². The van der Waals surface area contributed by atoms with E-state index in [4.69, 9.17) is 0 Å². The number of rotatable bonds is 4. The lowest BCUT2D eigenvalue weighted by Crippen LogP contribution is -2.38. The van der Waals surface area contributed by atoms with Crippen LogP contribution in [0, 0.1) is 0 Å². The predicted octanol–water partition coefficient (Wildman–Crippen LogP) is 1.89. The zero-order chi connectivity index (χ0) is 13.1. The van der Waals surface area contributed by atoms with E-state index < -0.39 is 0 Å². The molecule has 18 heavy (non-hydrogen) atoms. The smallest absolute Gasteiger partial charge is 0.314 e. The van der Waals surface area contributed by atoms with Crippen LogP contribution >= 0.6 is 11.8 Å². The van der Waals surface area contributed by atoms with Gasteiger partial charge in [0.2, 0.25) is 5.12 Å². The number of nitrogens with zero attached hydrogens (tertiary/aromatic N) is 2. The Labute approximate surface area is 112 Å². The molecule has 98 valence electrons. The fraction of sp³-hybridized carbons (Fsp3) is 0.538. The molecule has 2 rings (SSSR count). The summed E-state index contributed by atoms with van der Waals surface area (Å²) in [6.07, 6.45) is 7.72. The van der Waals surface area contributed by atoms with Gasteiger partial charge in [0.05, 0.1) is 6.04 Å². The van der Waals surface area contributed by atoms with Gasteiger partial charge in [0, 0.05) is 18.8 Å².